The quantitative estimate of drug-likeness (QED) is 0.332. The second-order valence-electron chi connectivity index (χ2n) is 6.78. The van der Waals surface area contributed by atoms with E-state index >= 15 is 0 Å². The summed E-state index contributed by atoms with van der Waals surface area (Å²) in [6.07, 6.45) is 7.03. The molecule has 2 aromatic heterocycles. The van der Waals surface area contributed by atoms with Crippen LogP contribution < -0.4 is 9.63 Å². The summed E-state index contributed by atoms with van der Waals surface area (Å²) in [5, 5.41) is 12.0. The van der Waals surface area contributed by atoms with Gasteiger partial charge in [-0.15, -0.1) is 6.42 Å². The maximum absolute atomic E-state index is 13.0. The average Bonchev–Trinajstić information content (AvgIpc) is 3.07. The number of carbonyl (C=O) groups excluding carboxylic acids is 1. The van der Waals surface area contributed by atoms with E-state index < -0.39 is 51.9 Å². The number of halogens is 3. The monoisotopic (exact) mass is 475 g/mol. The summed E-state index contributed by atoms with van der Waals surface area (Å²) in [5.41, 5.74) is 0.478. The number of aromatic nitrogens is 2. The lowest BCUT2D eigenvalue weighted by molar-refractivity contribution is -0.604. The van der Waals surface area contributed by atoms with Gasteiger partial charge in [-0.05, 0) is 6.07 Å². The second kappa shape index (κ2) is 8.45. The fourth-order valence-corrected chi connectivity index (χ4v) is 5.69. The van der Waals surface area contributed by atoms with Crippen molar-refractivity contribution in [2.45, 2.75) is 18.8 Å². The highest BCUT2D eigenvalue weighted by Crippen LogP contribution is 2.49. The zero-order valence-corrected chi connectivity index (χ0v) is 17.8. The van der Waals surface area contributed by atoms with E-state index in [1.807, 2.05) is 0 Å². The molecule has 0 aliphatic heterocycles. The SMILES string of the molecule is C#CCN(C(=O)CCS(=O)(=O)CC1CC1(F)F)c1sc(-c2ccc[n+]([O-])c2)nc1Cl. The van der Waals surface area contributed by atoms with Gasteiger partial charge in [0.15, 0.2) is 27.4 Å². The van der Waals surface area contributed by atoms with Gasteiger partial charge in [0, 0.05) is 24.8 Å². The lowest BCUT2D eigenvalue weighted by Crippen LogP contribution is -2.32. The summed E-state index contributed by atoms with van der Waals surface area (Å²) in [4.78, 5) is 17.9. The molecule has 12 heteroatoms. The number of anilines is 1. The van der Waals surface area contributed by atoms with E-state index in [4.69, 9.17) is 18.0 Å². The summed E-state index contributed by atoms with van der Waals surface area (Å²) in [5.74, 6) is -3.68. The highest BCUT2D eigenvalue weighted by molar-refractivity contribution is 7.91. The molecule has 0 radical (unpaired) electrons. The van der Waals surface area contributed by atoms with Gasteiger partial charge in [-0.2, -0.15) is 4.73 Å². The zero-order valence-electron chi connectivity index (χ0n) is 15.4. The molecule has 160 valence electrons. The summed E-state index contributed by atoms with van der Waals surface area (Å²) in [6, 6.07) is 3.16. The Hall–Kier alpha value is -2.29. The Labute approximate surface area is 180 Å². The van der Waals surface area contributed by atoms with E-state index in [9.17, 15) is 27.2 Å². The third-order valence-corrected chi connectivity index (χ3v) is 7.66. The summed E-state index contributed by atoms with van der Waals surface area (Å²) in [7, 11) is -3.83. The van der Waals surface area contributed by atoms with E-state index in [0.29, 0.717) is 15.3 Å². The zero-order chi connectivity index (χ0) is 22.1. The van der Waals surface area contributed by atoms with Gasteiger partial charge in [-0.25, -0.2) is 22.2 Å². The van der Waals surface area contributed by atoms with Crippen LogP contribution in [0.2, 0.25) is 5.15 Å². The largest absolute Gasteiger partial charge is 0.619 e. The maximum Gasteiger partial charge on any atom is 0.252 e. The van der Waals surface area contributed by atoms with Crippen LogP contribution in [0, 0.1) is 23.5 Å². The van der Waals surface area contributed by atoms with Crippen molar-refractivity contribution < 1.29 is 26.7 Å². The molecular formula is C18H16ClF2N3O4S2. The molecule has 0 saturated heterocycles. The fraction of sp³-hybridized carbons (Fsp3) is 0.389. The van der Waals surface area contributed by atoms with Crippen molar-refractivity contribution >= 4 is 43.7 Å². The van der Waals surface area contributed by atoms with Crippen LogP contribution in [-0.4, -0.2) is 43.3 Å². The van der Waals surface area contributed by atoms with Crippen LogP contribution in [0.3, 0.4) is 0 Å². The number of alkyl halides is 2. The lowest BCUT2D eigenvalue weighted by Gasteiger charge is -2.18. The molecule has 1 atom stereocenters. The first-order valence-corrected chi connectivity index (χ1v) is 11.7. The Morgan fingerprint density at radius 1 is 1.53 bits per heavy atom. The van der Waals surface area contributed by atoms with Crippen molar-refractivity contribution in [1.82, 2.24) is 4.98 Å². The number of hydrogen-bond acceptors (Lipinski definition) is 6. The Balaban J connectivity index is 1.74. The van der Waals surface area contributed by atoms with Gasteiger partial charge in [-0.1, -0.05) is 28.9 Å². The molecule has 1 aliphatic rings. The predicted octanol–water partition coefficient (Wildman–Crippen LogP) is 2.52. The van der Waals surface area contributed by atoms with Crippen molar-refractivity contribution in [2.24, 2.45) is 5.92 Å². The third kappa shape index (κ3) is 5.24. The van der Waals surface area contributed by atoms with Gasteiger partial charge >= 0.3 is 0 Å². The normalized spacial score (nSPS) is 17.3. The van der Waals surface area contributed by atoms with Crippen molar-refractivity contribution in [2.75, 3.05) is 23.0 Å². The molecule has 1 fully saturated rings. The fourth-order valence-electron chi connectivity index (χ4n) is 2.75. The van der Waals surface area contributed by atoms with Crippen molar-refractivity contribution in [1.29, 1.82) is 0 Å². The molecule has 3 rings (SSSR count). The minimum Gasteiger partial charge on any atom is -0.619 e. The molecule has 1 aliphatic carbocycles. The molecule has 0 aromatic carbocycles. The second-order valence-corrected chi connectivity index (χ2v) is 10.3. The average molecular weight is 476 g/mol. The number of pyridine rings is 1. The minimum absolute atomic E-state index is 0.0274. The topological polar surface area (TPSA) is 94.3 Å². The molecular weight excluding hydrogens is 460 g/mol. The minimum atomic E-state index is -3.83. The molecule has 1 unspecified atom stereocenters. The summed E-state index contributed by atoms with van der Waals surface area (Å²) >= 11 is 7.18. The van der Waals surface area contributed by atoms with Gasteiger partial charge in [-0.3, -0.25) is 9.69 Å². The molecule has 1 saturated carbocycles. The van der Waals surface area contributed by atoms with Gasteiger partial charge in [0.25, 0.3) is 5.92 Å². The number of rotatable bonds is 8. The van der Waals surface area contributed by atoms with Crippen LogP contribution in [0.5, 0.6) is 0 Å². The molecule has 0 spiro atoms. The van der Waals surface area contributed by atoms with Crippen LogP contribution in [0.1, 0.15) is 12.8 Å². The number of terminal acetylenes is 1. The lowest BCUT2D eigenvalue weighted by atomic mass is 10.3. The molecule has 2 heterocycles. The van der Waals surface area contributed by atoms with Crippen molar-refractivity contribution in [3.8, 4) is 22.9 Å². The number of thiazole rings is 1. The molecule has 1 amide bonds. The maximum atomic E-state index is 13.0. The van der Waals surface area contributed by atoms with E-state index in [2.05, 4.69) is 10.9 Å². The van der Waals surface area contributed by atoms with E-state index in [1.165, 1.54) is 18.5 Å². The first-order valence-electron chi connectivity index (χ1n) is 8.70. The number of hydrogen-bond donors (Lipinski definition) is 0. The van der Waals surface area contributed by atoms with Crippen LogP contribution in [0.15, 0.2) is 24.5 Å². The Morgan fingerprint density at radius 3 is 2.83 bits per heavy atom. The third-order valence-electron chi connectivity index (χ3n) is 4.42. The number of amides is 1. The number of nitrogens with zero attached hydrogens (tertiary/aromatic N) is 3. The van der Waals surface area contributed by atoms with Crippen LogP contribution in [0.25, 0.3) is 10.6 Å². The van der Waals surface area contributed by atoms with Gasteiger partial charge in [0.05, 0.1) is 23.6 Å². The van der Waals surface area contributed by atoms with Gasteiger partial charge < -0.3 is 5.21 Å². The summed E-state index contributed by atoms with van der Waals surface area (Å²) in [6.45, 7) is -0.183. The predicted molar refractivity (Wildman–Crippen MR) is 109 cm³/mol. The van der Waals surface area contributed by atoms with Crippen LogP contribution >= 0.6 is 22.9 Å². The van der Waals surface area contributed by atoms with Crippen LogP contribution in [-0.2, 0) is 14.6 Å². The molecule has 0 N–H and O–H groups in total. The molecule has 2 aromatic rings. The van der Waals surface area contributed by atoms with Gasteiger partial charge in [0.1, 0.15) is 10.0 Å². The van der Waals surface area contributed by atoms with Crippen molar-refractivity contribution in [3.05, 3.63) is 34.9 Å². The van der Waals surface area contributed by atoms with E-state index in [-0.39, 0.29) is 16.7 Å². The molecule has 30 heavy (non-hydrogen) atoms. The number of sulfone groups is 1. The Kier molecular flexibility index (Phi) is 6.31. The van der Waals surface area contributed by atoms with E-state index in [1.54, 1.807) is 6.07 Å². The Bertz CT molecular complexity index is 1110. The van der Waals surface area contributed by atoms with E-state index in [0.717, 1.165) is 16.2 Å². The highest BCUT2D eigenvalue weighted by atomic mass is 35.5. The molecule has 7 nitrogen and oxygen atoms in total. The Morgan fingerprint density at radius 2 is 2.23 bits per heavy atom. The van der Waals surface area contributed by atoms with Crippen molar-refractivity contribution in [3.63, 3.8) is 0 Å². The number of carbonyl (C=O) groups is 1. The highest BCUT2D eigenvalue weighted by Gasteiger charge is 2.58. The van der Waals surface area contributed by atoms with Crippen LogP contribution in [0.4, 0.5) is 13.8 Å². The first-order chi connectivity index (χ1) is 14.0. The standard InChI is InChI=1S/C18H16ClF2N3O4S2/c1-2-6-24(14(25)5-8-30(27,28)11-13-9-18(13,20)21)17-15(19)22-16(29-17)12-4-3-7-23(26)10-12/h1,3-4,7,10,13H,5-6,8-9,11H2. The summed E-state index contributed by atoms with van der Waals surface area (Å²) < 4.78 is 50.7. The smallest absolute Gasteiger partial charge is 0.252 e. The molecule has 0 bridgehead atoms. The first kappa shape index (κ1) is 22.4. The van der Waals surface area contributed by atoms with Gasteiger partial charge in [0.2, 0.25) is 5.91 Å².